The molecule has 26 heavy (non-hydrogen) atoms. The van der Waals surface area contributed by atoms with Crippen molar-refractivity contribution in [3.8, 4) is 10.7 Å². The summed E-state index contributed by atoms with van der Waals surface area (Å²) in [5.41, 5.74) is 3.09. The van der Waals surface area contributed by atoms with Crippen molar-refractivity contribution < 1.29 is 4.79 Å². The predicted molar refractivity (Wildman–Crippen MR) is 109 cm³/mol. The second-order valence-corrected chi connectivity index (χ2v) is 8.35. The lowest BCUT2D eigenvalue weighted by molar-refractivity contribution is -0.115. The number of aryl methyl sites for hydroxylation is 2. The number of nitrogens with one attached hydrogen (secondary N) is 1. The molecule has 0 aliphatic heterocycles. The van der Waals surface area contributed by atoms with Gasteiger partial charge in [-0.05, 0) is 50.8 Å². The lowest BCUT2D eigenvalue weighted by Gasteiger charge is -2.14. The predicted octanol–water partition coefficient (Wildman–Crippen LogP) is 4.76. The van der Waals surface area contributed by atoms with E-state index in [1.807, 2.05) is 50.4 Å². The van der Waals surface area contributed by atoms with E-state index in [1.165, 1.54) is 17.3 Å². The topological polar surface area (TPSA) is 59.8 Å². The smallest absolute Gasteiger partial charge is 0.237 e. The van der Waals surface area contributed by atoms with Crippen LogP contribution in [0.5, 0.6) is 0 Å². The van der Waals surface area contributed by atoms with Gasteiger partial charge in [-0.2, -0.15) is 0 Å². The van der Waals surface area contributed by atoms with Gasteiger partial charge in [0.05, 0.1) is 10.1 Å². The van der Waals surface area contributed by atoms with E-state index < -0.39 is 0 Å². The second-order valence-electron chi connectivity index (χ2n) is 6.10. The van der Waals surface area contributed by atoms with Gasteiger partial charge in [0, 0.05) is 12.2 Å². The number of thiophene rings is 1. The summed E-state index contributed by atoms with van der Waals surface area (Å²) >= 11 is 3.07. The van der Waals surface area contributed by atoms with Crippen LogP contribution in [0.1, 0.15) is 25.0 Å². The summed E-state index contributed by atoms with van der Waals surface area (Å²) in [6.07, 6.45) is 0. The highest BCUT2D eigenvalue weighted by molar-refractivity contribution is 8.00. The van der Waals surface area contributed by atoms with Gasteiger partial charge < -0.3 is 9.88 Å². The summed E-state index contributed by atoms with van der Waals surface area (Å²) < 4.78 is 2.05. The second kappa shape index (κ2) is 8.05. The summed E-state index contributed by atoms with van der Waals surface area (Å²) in [7, 11) is 0. The van der Waals surface area contributed by atoms with E-state index in [0.717, 1.165) is 33.7 Å². The van der Waals surface area contributed by atoms with E-state index in [4.69, 9.17) is 0 Å². The van der Waals surface area contributed by atoms with E-state index in [-0.39, 0.29) is 11.2 Å². The average molecular weight is 387 g/mol. The van der Waals surface area contributed by atoms with E-state index in [0.29, 0.717) is 0 Å². The minimum Gasteiger partial charge on any atom is -0.325 e. The maximum Gasteiger partial charge on any atom is 0.237 e. The van der Waals surface area contributed by atoms with Crippen LogP contribution in [0.2, 0.25) is 0 Å². The highest BCUT2D eigenvalue weighted by Crippen LogP contribution is 2.29. The number of hydrogen-bond donors (Lipinski definition) is 1. The van der Waals surface area contributed by atoms with Gasteiger partial charge in [-0.3, -0.25) is 4.79 Å². The molecular weight excluding hydrogens is 364 g/mol. The Morgan fingerprint density at radius 3 is 2.77 bits per heavy atom. The van der Waals surface area contributed by atoms with Crippen molar-refractivity contribution in [2.45, 2.75) is 44.6 Å². The number of carbonyl (C=O) groups excluding carboxylic acids is 1. The molecule has 0 unspecified atom stereocenters. The first-order valence-electron chi connectivity index (χ1n) is 8.51. The molecule has 0 radical (unpaired) electrons. The highest BCUT2D eigenvalue weighted by atomic mass is 32.2. The van der Waals surface area contributed by atoms with E-state index in [1.54, 1.807) is 11.3 Å². The van der Waals surface area contributed by atoms with Gasteiger partial charge in [-0.15, -0.1) is 21.5 Å². The zero-order valence-electron chi connectivity index (χ0n) is 15.3. The average Bonchev–Trinajstić information content (AvgIpc) is 3.26. The zero-order valence-corrected chi connectivity index (χ0v) is 16.9. The Morgan fingerprint density at radius 2 is 2.12 bits per heavy atom. The lowest BCUT2D eigenvalue weighted by atomic mass is 10.1. The molecule has 0 saturated carbocycles. The van der Waals surface area contributed by atoms with Crippen LogP contribution in [0.3, 0.4) is 0 Å². The van der Waals surface area contributed by atoms with Crippen molar-refractivity contribution in [2.75, 3.05) is 5.32 Å². The van der Waals surface area contributed by atoms with Gasteiger partial charge in [0.25, 0.3) is 0 Å². The summed E-state index contributed by atoms with van der Waals surface area (Å²) in [5, 5.41) is 14.1. The lowest BCUT2D eigenvalue weighted by Crippen LogP contribution is -2.23. The number of rotatable bonds is 6. The van der Waals surface area contributed by atoms with Gasteiger partial charge in [0.15, 0.2) is 11.0 Å². The van der Waals surface area contributed by atoms with Crippen LogP contribution < -0.4 is 5.32 Å². The van der Waals surface area contributed by atoms with Gasteiger partial charge >= 0.3 is 0 Å². The fourth-order valence-electron chi connectivity index (χ4n) is 2.65. The standard InChI is InChI=1S/C19H22N4OS2/c1-5-23-17(16-7-6-10-25-16)21-22-19(23)26-14(4)18(24)20-15-9-8-12(2)11-13(15)3/h6-11,14H,5H2,1-4H3,(H,20,24)/t14-/m0/s1. The summed E-state index contributed by atoms with van der Waals surface area (Å²) in [5.74, 6) is 0.817. The van der Waals surface area contributed by atoms with Crippen LogP contribution in [0.25, 0.3) is 10.7 Å². The molecule has 1 aromatic carbocycles. The molecule has 0 bridgehead atoms. The molecule has 3 rings (SSSR count). The van der Waals surface area contributed by atoms with Crippen LogP contribution in [0, 0.1) is 13.8 Å². The number of nitrogens with zero attached hydrogens (tertiary/aromatic N) is 3. The van der Waals surface area contributed by atoms with E-state index in [2.05, 4.69) is 33.1 Å². The van der Waals surface area contributed by atoms with Crippen molar-refractivity contribution in [3.05, 3.63) is 46.8 Å². The highest BCUT2D eigenvalue weighted by Gasteiger charge is 2.21. The Bertz CT molecular complexity index is 902. The summed E-state index contributed by atoms with van der Waals surface area (Å²) in [6.45, 7) is 8.75. The first-order chi connectivity index (χ1) is 12.5. The third-order valence-corrected chi connectivity index (χ3v) is 6.01. The molecular formula is C19H22N4OS2. The first-order valence-corrected chi connectivity index (χ1v) is 10.3. The molecule has 2 heterocycles. The van der Waals surface area contributed by atoms with Crippen molar-refractivity contribution in [1.82, 2.24) is 14.8 Å². The first kappa shape index (κ1) is 18.7. The number of hydrogen-bond acceptors (Lipinski definition) is 5. The molecule has 1 N–H and O–H groups in total. The SMILES string of the molecule is CCn1c(S[C@@H](C)C(=O)Nc2ccc(C)cc2C)nnc1-c1cccs1. The molecule has 0 spiro atoms. The molecule has 7 heteroatoms. The molecule has 1 atom stereocenters. The molecule has 0 aliphatic carbocycles. The van der Waals surface area contributed by atoms with Crippen LogP contribution in [0.4, 0.5) is 5.69 Å². The Balaban J connectivity index is 1.73. The van der Waals surface area contributed by atoms with Crippen molar-refractivity contribution in [1.29, 1.82) is 0 Å². The number of aromatic nitrogens is 3. The van der Waals surface area contributed by atoms with Crippen molar-refractivity contribution in [2.24, 2.45) is 0 Å². The normalized spacial score (nSPS) is 12.2. The van der Waals surface area contributed by atoms with Crippen LogP contribution >= 0.6 is 23.1 Å². The Labute approximate surface area is 161 Å². The van der Waals surface area contributed by atoms with Gasteiger partial charge in [-0.1, -0.05) is 35.5 Å². The van der Waals surface area contributed by atoms with E-state index in [9.17, 15) is 4.79 Å². The van der Waals surface area contributed by atoms with Gasteiger partial charge in [0.2, 0.25) is 5.91 Å². The number of thioether (sulfide) groups is 1. The molecule has 3 aromatic rings. The van der Waals surface area contributed by atoms with Gasteiger partial charge in [-0.25, -0.2) is 0 Å². The zero-order chi connectivity index (χ0) is 18.7. The van der Waals surface area contributed by atoms with E-state index >= 15 is 0 Å². The molecule has 2 aromatic heterocycles. The molecule has 0 aliphatic rings. The van der Waals surface area contributed by atoms with Crippen LogP contribution in [-0.4, -0.2) is 25.9 Å². The molecule has 1 amide bonds. The number of amides is 1. The molecule has 0 saturated heterocycles. The maximum absolute atomic E-state index is 12.6. The Hall–Kier alpha value is -2.12. The van der Waals surface area contributed by atoms with Crippen LogP contribution in [0.15, 0.2) is 40.9 Å². The maximum atomic E-state index is 12.6. The summed E-state index contributed by atoms with van der Waals surface area (Å²) in [6, 6.07) is 10.0. The third kappa shape index (κ3) is 3.99. The fourth-order valence-corrected chi connectivity index (χ4v) is 4.28. The number of benzene rings is 1. The Kier molecular flexibility index (Phi) is 5.78. The number of anilines is 1. The van der Waals surface area contributed by atoms with Crippen molar-refractivity contribution >= 4 is 34.7 Å². The minimum absolute atomic E-state index is 0.0368. The molecule has 136 valence electrons. The summed E-state index contributed by atoms with van der Waals surface area (Å²) in [4.78, 5) is 13.7. The van der Waals surface area contributed by atoms with Crippen molar-refractivity contribution in [3.63, 3.8) is 0 Å². The quantitative estimate of drug-likeness (QED) is 0.620. The molecule has 0 fully saturated rings. The number of carbonyl (C=O) groups is 1. The van der Waals surface area contributed by atoms with Gasteiger partial charge in [0.1, 0.15) is 0 Å². The Morgan fingerprint density at radius 1 is 1.31 bits per heavy atom. The molecule has 5 nitrogen and oxygen atoms in total. The van der Waals surface area contributed by atoms with Crippen LogP contribution in [-0.2, 0) is 11.3 Å². The minimum atomic E-state index is -0.276. The largest absolute Gasteiger partial charge is 0.325 e. The monoisotopic (exact) mass is 386 g/mol. The fraction of sp³-hybridized carbons (Fsp3) is 0.316. The third-order valence-electron chi connectivity index (χ3n) is 4.07.